The van der Waals surface area contributed by atoms with E-state index < -0.39 is 10.0 Å². The molecule has 0 spiro atoms. The van der Waals surface area contributed by atoms with Gasteiger partial charge in [-0.25, -0.2) is 8.42 Å². The van der Waals surface area contributed by atoms with Gasteiger partial charge in [-0.2, -0.15) is 0 Å². The maximum absolute atomic E-state index is 12.5. The molecule has 1 aliphatic heterocycles. The zero-order valence-electron chi connectivity index (χ0n) is 15.8. The van der Waals surface area contributed by atoms with E-state index >= 15 is 0 Å². The predicted octanol–water partition coefficient (Wildman–Crippen LogP) is 4.24. The Morgan fingerprint density at radius 2 is 1.86 bits per heavy atom. The average molecular weight is 432 g/mol. The van der Waals surface area contributed by atoms with Crippen LogP contribution in [0.25, 0.3) is 6.08 Å². The number of carbonyl (C=O) groups is 1. The van der Waals surface area contributed by atoms with Crippen molar-refractivity contribution in [2.45, 2.75) is 30.6 Å². The molecule has 0 radical (unpaired) electrons. The van der Waals surface area contributed by atoms with Crippen molar-refractivity contribution in [2.24, 2.45) is 4.99 Å². The minimum Gasteiger partial charge on any atom is -0.323 e. The van der Waals surface area contributed by atoms with E-state index in [0.29, 0.717) is 29.5 Å². The third-order valence-corrected chi connectivity index (χ3v) is 5.97. The van der Waals surface area contributed by atoms with Crippen LogP contribution >= 0.6 is 11.6 Å². The molecule has 0 fully saturated rings. The van der Waals surface area contributed by atoms with Gasteiger partial charge in [0.15, 0.2) is 0 Å². The number of sulfonamides is 1. The van der Waals surface area contributed by atoms with E-state index in [1.807, 2.05) is 6.07 Å². The highest BCUT2D eigenvalue weighted by Crippen LogP contribution is 2.16. The number of hydrogen-bond acceptors (Lipinski definition) is 4. The van der Waals surface area contributed by atoms with Crippen molar-refractivity contribution in [1.82, 2.24) is 4.72 Å². The first-order chi connectivity index (χ1) is 13.9. The Morgan fingerprint density at radius 1 is 1.07 bits per heavy atom. The molecule has 29 heavy (non-hydrogen) atoms. The number of rotatable bonds is 5. The lowest BCUT2D eigenvalue weighted by Gasteiger charge is -2.10. The number of nitrogens with zero attached hydrogens (tertiary/aromatic N) is 1. The second-order valence-corrected chi connectivity index (χ2v) is 8.77. The van der Waals surface area contributed by atoms with Gasteiger partial charge in [0.05, 0.1) is 4.90 Å². The summed E-state index contributed by atoms with van der Waals surface area (Å²) in [5, 5.41) is 3.29. The molecular formula is C21H22ClN3O3S. The van der Waals surface area contributed by atoms with Gasteiger partial charge in [0.25, 0.3) is 10.0 Å². The molecule has 1 aliphatic rings. The van der Waals surface area contributed by atoms with Crippen molar-refractivity contribution in [1.29, 1.82) is 0 Å². The SMILES string of the molecule is O=C(C=Cc1cccc(Cl)c1)Nc1ccc(S(=O)(=O)NC2=NCCCCC2)cc1. The summed E-state index contributed by atoms with van der Waals surface area (Å²) in [7, 11) is -3.69. The largest absolute Gasteiger partial charge is 0.323 e. The van der Waals surface area contributed by atoms with E-state index in [-0.39, 0.29) is 10.8 Å². The van der Waals surface area contributed by atoms with Crippen LogP contribution in [-0.2, 0) is 14.8 Å². The molecule has 1 amide bonds. The van der Waals surface area contributed by atoms with Crippen LogP contribution in [-0.4, -0.2) is 26.7 Å². The Morgan fingerprint density at radius 3 is 2.62 bits per heavy atom. The van der Waals surface area contributed by atoms with Crippen molar-refractivity contribution in [3.8, 4) is 0 Å². The standard InChI is InChI=1S/C21H22ClN3O3S/c22-17-6-4-5-16(15-17)8-13-21(26)24-18-9-11-19(12-10-18)29(27,28)25-20-7-2-1-3-14-23-20/h4-6,8-13,15H,1-3,7,14H2,(H,23,25)(H,24,26). The van der Waals surface area contributed by atoms with Crippen LogP contribution in [0.5, 0.6) is 0 Å². The maximum Gasteiger partial charge on any atom is 0.262 e. The molecular weight excluding hydrogens is 410 g/mol. The summed E-state index contributed by atoms with van der Waals surface area (Å²) in [4.78, 5) is 16.5. The summed E-state index contributed by atoms with van der Waals surface area (Å²) >= 11 is 5.92. The van der Waals surface area contributed by atoms with Gasteiger partial charge in [0, 0.05) is 29.8 Å². The zero-order valence-corrected chi connectivity index (χ0v) is 17.3. The van der Waals surface area contributed by atoms with E-state index in [1.54, 1.807) is 36.4 Å². The van der Waals surface area contributed by atoms with Gasteiger partial charge in [0.2, 0.25) is 5.91 Å². The number of anilines is 1. The van der Waals surface area contributed by atoms with E-state index in [1.165, 1.54) is 18.2 Å². The summed E-state index contributed by atoms with van der Waals surface area (Å²) in [6, 6.07) is 13.1. The Kier molecular flexibility index (Phi) is 7.06. The molecule has 0 aromatic heterocycles. The summed E-state index contributed by atoms with van der Waals surface area (Å²) in [6.45, 7) is 0.644. The second-order valence-electron chi connectivity index (χ2n) is 6.65. The number of halogens is 1. The highest BCUT2D eigenvalue weighted by molar-refractivity contribution is 7.90. The van der Waals surface area contributed by atoms with Crippen LogP contribution in [0.3, 0.4) is 0 Å². The molecule has 0 saturated carbocycles. The number of amidine groups is 1. The van der Waals surface area contributed by atoms with Gasteiger partial charge in [-0.3, -0.25) is 14.5 Å². The number of nitrogens with one attached hydrogen (secondary N) is 2. The number of hydrogen-bond donors (Lipinski definition) is 2. The minimum absolute atomic E-state index is 0.122. The average Bonchev–Trinajstić information content (AvgIpc) is 2.95. The van der Waals surface area contributed by atoms with Crippen molar-refractivity contribution >= 4 is 45.1 Å². The van der Waals surface area contributed by atoms with Crippen LogP contribution in [0.4, 0.5) is 5.69 Å². The lowest BCUT2D eigenvalue weighted by molar-refractivity contribution is -0.111. The molecule has 152 valence electrons. The molecule has 0 aliphatic carbocycles. The first-order valence-corrected chi connectivity index (χ1v) is 11.2. The fourth-order valence-electron chi connectivity index (χ4n) is 2.85. The third kappa shape index (κ3) is 6.44. The molecule has 0 saturated heterocycles. The fourth-order valence-corrected chi connectivity index (χ4v) is 4.14. The Bertz CT molecular complexity index is 1030. The molecule has 6 nitrogen and oxygen atoms in total. The predicted molar refractivity (Wildman–Crippen MR) is 117 cm³/mol. The molecule has 1 heterocycles. The maximum atomic E-state index is 12.5. The Balaban J connectivity index is 1.61. The lowest BCUT2D eigenvalue weighted by Crippen LogP contribution is -2.30. The summed E-state index contributed by atoms with van der Waals surface area (Å²) in [5.41, 5.74) is 1.30. The zero-order chi connectivity index (χ0) is 20.7. The molecule has 2 aromatic rings. The highest BCUT2D eigenvalue weighted by atomic mass is 35.5. The number of carbonyl (C=O) groups excluding carboxylic acids is 1. The van der Waals surface area contributed by atoms with E-state index in [2.05, 4.69) is 15.0 Å². The van der Waals surface area contributed by atoms with E-state index in [9.17, 15) is 13.2 Å². The van der Waals surface area contributed by atoms with Gasteiger partial charge >= 0.3 is 0 Å². The Labute approximate surface area is 175 Å². The Hall–Kier alpha value is -2.64. The van der Waals surface area contributed by atoms with E-state index in [4.69, 9.17) is 11.6 Å². The van der Waals surface area contributed by atoms with Gasteiger partial charge < -0.3 is 5.32 Å². The normalized spacial score (nSPS) is 14.9. The monoisotopic (exact) mass is 431 g/mol. The van der Waals surface area contributed by atoms with Crippen molar-refractivity contribution < 1.29 is 13.2 Å². The minimum atomic E-state index is -3.69. The first-order valence-electron chi connectivity index (χ1n) is 9.33. The molecule has 8 heteroatoms. The van der Waals surface area contributed by atoms with Crippen LogP contribution in [0, 0.1) is 0 Å². The third-order valence-electron chi connectivity index (χ3n) is 4.33. The number of amides is 1. The molecule has 2 N–H and O–H groups in total. The lowest BCUT2D eigenvalue weighted by atomic mass is 10.2. The number of aliphatic imine (C=N–C) groups is 1. The fraction of sp³-hybridized carbons (Fsp3) is 0.238. The summed E-state index contributed by atoms with van der Waals surface area (Å²) < 4.78 is 27.6. The van der Waals surface area contributed by atoms with Crippen LogP contribution in [0.2, 0.25) is 5.02 Å². The number of benzene rings is 2. The topological polar surface area (TPSA) is 87.6 Å². The van der Waals surface area contributed by atoms with Crippen molar-refractivity contribution in [3.63, 3.8) is 0 Å². The van der Waals surface area contributed by atoms with Gasteiger partial charge in [-0.05, 0) is 60.9 Å². The van der Waals surface area contributed by atoms with E-state index in [0.717, 1.165) is 24.8 Å². The van der Waals surface area contributed by atoms with Gasteiger partial charge in [-0.1, -0.05) is 30.2 Å². The molecule has 3 rings (SSSR count). The highest BCUT2D eigenvalue weighted by Gasteiger charge is 2.17. The molecule has 0 atom stereocenters. The molecule has 0 bridgehead atoms. The van der Waals surface area contributed by atoms with Crippen molar-refractivity contribution in [2.75, 3.05) is 11.9 Å². The van der Waals surface area contributed by atoms with Gasteiger partial charge in [0.1, 0.15) is 5.84 Å². The molecule has 2 aromatic carbocycles. The smallest absolute Gasteiger partial charge is 0.262 e. The van der Waals surface area contributed by atoms with Crippen LogP contribution in [0.15, 0.2) is 64.5 Å². The first kappa shape index (κ1) is 21.1. The molecule has 0 unspecified atom stereocenters. The quantitative estimate of drug-likeness (QED) is 0.694. The summed E-state index contributed by atoms with van der Waals surface area (Å²) in [6.07, 6.45) is 6.63. The van der Waals surface area contributed by atoms with Crippen LogP contribution in [0.1, 0.15) is 31.2 Å². The van der Waals surface area contributed by atoms with Crippen LogP contribution < -0.4 is 10.0 Å². The van der Waals surface area contributed by atoms with Gasteiger partial charge in [-0.15, -0.1) is 0 Å². The van der Waals surface area contributed by atoms with Crippen molar-refractivity contribution in [3.05, 3.63) is 65.2 Å². The summed E-state index contributed by atoms with van der Waals surface area (Å²) in [5.74, 6) is 0.178. The second kappa shape index (κ2) is 9.71.